The predicted octanol–water partition coefficient (Wildman–Crippen LogP) is 3.20. The fourth-order valence-electron chi connectivity index (χ4n) is 3.12. The van der Waals surface area contributed by atoms with Gasteiger partial charge in [-0.1, -0.05) is 28.1 Å². The Kier molecular flexibility index (Phi) is 4.60. The largest absolute Gasteiger partial charge is 0.444 e. The van der Waals surface area contributed by atoms with Crippen molar-refractivity contribution in [1.82, 2.24) is 9.80 Å². The lowest BCUT2D eigenvalue weighted by Crippen LogP contribution is -2.57. The number of carbonyl (C=O) groups excluding carboxylic acids is 2. The summed E-state index contributed by atoms with van der Waals surface area (Å²) < 4.78 is 6.45. The SMILES string of the molecule is CC(C)(C)OC(=O)N1CC(C(=O)N2CCc3c(Br)cccc3C2)C1. The number of amides is 2. The van der Waals surface area contributed by atoms with Gasteiger partial charge in [-0.2, -0.15) is 0 Å². The molecule has 3 rings (SSSR count). The van der Waals surface area contributed by atoms with Crippen LogP contribution in [0.2, 0.25) is 0 Å². The first kappa shape index (κ1) is 17.3. The minimum absolute atomic E-state index is 0.105. The van der Waals surface area contributed by atoms with Crippen LogP contribution in [-0.4, -0.2) is 47.0 Å². The van der Waals surface area contributed by atoms with Gasteiger partial charge in [-0.15, -0.1) is 0 Å². The predicted molar refractivity (Wildman–Crippen MR) is 94.6 cm³/mol. The lowest BCUT2D eigenvalue weighted by Gasteiger charge is -2.41. The van der Waals surface area contributed by atoms with E-state index in [0.29, 0.717) is 19.6 Å². The second-order valence-electron chi connectivity index (χ2n) is 7.47. The van der Waals surface area contributed by atoms with Crippen molar-refractivity contribution in [3.05, 3.63) is 33.8 Å². The molecule has 0 atom stereocenters. The zero-order valence-electron chi connectivity index (χ0n) is 14.3. The molecule has 2 heterocycles. The van der Waals surface area contributed by atoms with Crippen LogP contribution >= 0.6 is 15.9 Å². The fourth-order valence-corrected chi connectivity index (χ4v) is 3.73. The van der Waals surface area contributed by atoms with E-state index in [0.717, 1.165) is 17.4 Å². The zero-order chi connectivity index (χ0) is 17.5. The highest BCUT2D eigenvalue weighted by atomic mass is 79.9. The highest BCUT2D eigenvalue weighted by molar-refractivity contribution is 9.10. The van der Waals surface area contributed by atoms with Crippen molar-refractivity contribution in [3.8, 4) is 0 Å². The maximum atomic E-state index is 12.7. The van der Waals surface area contributed by atoms with Crippen molar-refractivity contribution in [1.29, 1.82) is 0 Å². The van der Waals surface area contributed by atoms with Crippen LogP contribution in [0.5, 0.6) is 0 Å². The first-order valence-electron chi connectivity index (χ1n) is 8.27. The molecule has 0 N–H and O–H groups in total. The molecule has 130 valence electrons. The molecule has 0 radical (unpaired) electrons. The summed E-state index contributed by atoms with van der Waals surface area (Å²) >= 11 is 3.58. The molecule has 1 saturated heterocycles. The summed E-state index contributed by atoms with van der Waals surface area (Å²) in [6.07, 6.45) is 0.532. The van der Waals surface area contributed by atoms with Crippen molar-refractivity contribution >= 4 is 27.9 Å². The van der Waals surface area contributed by atoms with E-state index in [-0.39, 0.29) is 17.9 Å². The van der Waals surface area contributed by atoms with Gasteiger partial charge in [0.25, 0.3) is 0 Å². The molecule has 0 bridgehead atoms. The van der Waals surface area contributed by atoms with Crippen LogP contribution in [0.4, 0.5) is 4.79 Å². The average molecular weight is 395 g/mol. The summed E-state index contributed by atoms with van der Waals surface area (Å²) in [4.78, 5) is 28.1. The van der Waals surface area contributed by atoms with Gasteiger partial charge in [0, 0.05) is 30.7 Å². The number of hydrogen-bond acceptors (Lipinski definition) is 3. The number of carbonyl (C=O) groups is 2. The van der Waals surface area contributed by atoms with Crippen molar-refractivity contribution in [3.63, 3.8) is 0 Å². The molecular formula is C18H23BrN2O3. The van der Waals surface area contributed by atoms with E-state index in [9.17, 15) is 9.59 Å². The Hall–Kier alpha value is -1.56. The van der Waals surface area contributed by atoms with Crippen molar-refractivity contribution < 1.29 is 14.3 Å². The van der Waals surface area contributed by atoms with Gasteiger partial charge in [-0.25, -0.2) is 4.79 Å². The first-order chi connectivity index (χ1) is 11.2. The molecule has 1 aromatic carbocycles. The molecule has 0 aromatic heterocycles. The second kappa shape index (κ2) is 6.39. The Labute approximate surface area is 151 Å². The first-order valence-corrected chi connectivity index (χ1v) is 9.07. The van der Waals surface area contributed by atoms with Gasteiger partial charge in [-0.3, -0.25) is 4.79 Å². The molecule has 2 aliphatic rings. The minimum atomic E-state index is -0.504. The van der Waals surface area contributed by atoms with Gasteiger partial charge in [0.15, 0.2) is 0 Å². The van der Waals surface area contributed by atoms with Crippen LogP contribution in [0.1, 0.15) is 31.9 Å². The minimum Gasteiger partial charge on any atom is -0.444 e. The van der Waals surface area contributed by atoms with Gasteiger partial charge in [0.05, 0.1) is 5.92 Å². The van der Waals surface area contributed by atoms with Crippen LogP contribution < -0.4 is 0 Å². The highest BCUT2D eigenvalue weighted by Crippen LogP contribution is 2.28. The third-order valence-corrected chi connectivity index (χ3v) is 5.15. The lowest BCUT2D eigenvalue weighted by molar-refractivity contribution is -0.141. The van der Waals surface area contributed by atoms with Crippen LogP contribution in [0.3, 0.4) is 0 Å². The van der Waals surface area contributed by atoms with Crippen molar-refractivity contribution in [2.45, 2.75) is 39.3 Å². The molecule has 0 spiro atoms. The monoisotopic (exact) mass is 394 g/mol. The van der Waals surface area contributed by atoms with Gasteiger partial charge in [0.1, 0.15) is 5.60 Å². The maximum Gasteiger partial charge on any atom is 0.410 e. The third-order valence-electron chi connectivity index (χ3n) is 4.40. The standard InChI is InChI=1S/C18H23BrN2O3/c1-18(2,3)24-17(23)21-10-13(11-21)16(22)20-8-7-14-12(9-20)5-4-6-15(14)19/h4-6,13H,7-11H2,1-3H3. The highest BCUT2D eigenvalue weighted by Gasteiger charge is 2.40. The van der Waals surface area contributed by atoms with Crippen LogP contribution in [0.25, 0.3) is 0 Å². The van der Waals surface area contributed by atoms with E-state index in [1.807, 2.05) is 37.8 Å². The molecule has 2 amide bonds. The Balaban J connectivity index is 1.55. The number of fused-ring (bicyclic) bond motifs is 1. The van der Waals surface area contributed by atoms with E-state index in [1.165, 1.54) is 11.1 Å². The molecular weight excluding hydrogens is 372 g/mol. The van der Waals surface area contributed by atoms with Crippen molar-refractivity contribution in [2.24, 2.45) is 5.92 Å². The Morgan fingerprint density at radius 2 is 1.92 bits per heavy atom. The zero-order valence-corrected chi connectivity index (χ0v) is 15.9. The van der Waals surface area contributed by atoms with Gasteiger partial charge < -0.3 is 14.5 Å². The van der Waals surface area contributed by atoms with Gasteiger partial charge in [-0.05, 0) is 44.4 Å². The summed E-state index contributed by atoms with van der Waals surface area (Å²) in [6.45, 7) is 7.82. The molecule has 1 fully saturated rings. The van der Waals surface area contributed by atoms with Crippen LogP contribution in [0.15, 0.2) is 22.7 Å². The lowest BCUT2D eigenvalue weighted by atomic mass is 9.95. The average Bonchev–Trinajstić information content (AvgIpc) is 2.43. The van der Waals surface area contributed by atoms with Crippen LogP contribution in [-0.2, 0) is 22.5 Å². The van der Waals surface area contributed by atoms with E-state index in [2.05, 4.69) is 22.0 Å². The Morgan fingerprint density at radius 3 is 2.58 bits per heavy atom. The molecule has 0 unspecified atom stereocenters. The smallest absolute Gasteiger partial charge is 0.410 e. The van der Waals surface area contributed by atoms with E-state index >= 15 is 0 Å². The number of likely N-dealkylation sites (tertiary alicyclic amines) is 1. The summed E-state index contributed by atoms with van der Waals surface area (Å²) in [5, 5.41) is 0. The Bertz CT molecular complexity index is 663. The number of hydrogen-bond donors (Lipinski definition) is 0. The van der Waals surface area contributed by atoms with Crippen LogP contribution in [0, 0.1) is 5.92 Å². The third kappa shape index (κ3) is 3.58. The normalized spacial score (nSPS) is 18.0. The molecule has 1 aromatic rings. The summed E-state index contributed by atoms with van der Waals surface area (Å²) in [5.41, 5.74) is 1.99. The molecule has 6 heteroatoms. The summed E-state index contributed by atoms with van der Waals surface area (Å²) in [7, 11) is 0. The number of benzene rings is 1. The summed E-state index contributed by atoms with van der Waals surface area (Å²) in [6, 6.07) is 6.12. The van der Waals surface area contributed by atoms with E-state index in [4.69, 9.17) is 4.74 Å². The van der Waals surface area contributed by atoms with Crippen molar-refractivity contribution in [2.75, 3.05) is 19.6 Å². The van der Waals surface area contributed by atoms with E-state index < -0.39 is 5.60 Å². The molecule has 5 nitrogen and oxygen atoms in total. The Morgan fingerprint density at radius 1 is 1.21 bits per heavy atom. The second-order valence-corrected chi connectivity index (χ2v) is 8.32. The molecule has 0 saturated carbocycles. The quantitative estimate of drug-likeness (QED) is 0.734. The number of rotatable bonds is 1. The number of halogens is 1. The molecule has 2 aliphatic heterocycles. The van der Waals surface area contributed by atoms with E-state index in [1.54, 1.807) is 4.90 Å². The topological polar surface area (TPSA) is 49.9 Å². The van der Waals surface area contributed by atoms with Gasteiger partial charge in [0.2, 0.25) is 5.91 Å². The number of nitrogens with zero attached hydrogens (tertiary/aromatic N) is 2. The maximum absolute atomic E-state index is 12.7. The summed E-state index contributed by atoms with van der Waals surface area (Å²) in [5.74, 6) is 0.0339. The molecule has 0 aliphatic carbocycles. The molecule has 24 heavy (non-hydrogen) atoms. The van der Waals surface area contributed by atoms with Gasteiger partial charge >= 0.3 is 6.09 Å². The number of ether oxygens (including phenoxy) is 1. The fraction of sp³-hybridized carbons (Fsp3) is 0.556.